The van der Waals surface area contributed by atoms with Gasteiger partial charge in [-0.1, -0.05) is 44.7 Å². The zero-order chi connectivity index (χ0) is 19.1. The van der Waals surface area contributed by atoms with E-state index < -0.39 is 0 Å². The van der Waals surface area contributed by atoms with Crippen molar-refractivity contribution in [2.75, 3.05) is 6.61 Å². The number of Topliss-reactive ketones (excluding diaryl/α,β-unsaturated/α-hetero) is 1. The Labute approximate surface area is 156 Å². The largest absolute Gasteiger partial charge is 0.494 e. The van der Waals surface area contributed by atoms with E-state index in [1.54, 1.807) is 0 Å². The average molecular weight is 351 g/mol. The summed E-state index contributed by atoms with van der Waals surface area (Å²) in [4.78, 5) is 13.2. The fourth-order valence-electron chi connectivity index (χ4n) is 4.28. The van der Waals surface area contributed by atoms with Crippen molar-refractivity contribution in [3.05, 3.63) is 70.3 Å². The average Bonchev–Trinajstić information content (AvgIpc) is 2.53. The van der Waals surface area contributed by atoms with Gasteiger partial charge in [0, 0.05) is 34.9 Å². The highest BCUT2D eigenvalue weighted by Crippen LogP contribution is 2.48. The van der Waals surface area contributed by atoms with Crippen molar-refractivity contribution < 1.29 is 9.53 Å². The number of nitrogens with one attached hydrogen (secondary N) is 1. The van der Waals surface area contributed by atoms with E-state index >= 15 is 0 Å². The summed E-state index contributed by atoms with van der Waals surface area (Å²) in [6, 6.07) is 8.30. The number of carbonyl (C=O) groups is 1. The number of ketones is 1. The van der Waals surface area contributed by atoms with Gasteiger partial charge in [-0.2, -0.15) is 0 Å². The van der Waals surface area contributed by atoms with Crippen LogP contribution in [0.15, 0.2) is 59.1 Å². The van der Waals surface area contributed by atoms with Crippen LogP contribution in [-0.4, -0.2) is 12.4 Å². The molecule has 3 heteroatoms. The minimum atomic E-state index is -0.116. The fraction of sp³-hybridized carbons (Fsp3) is 0.435. The molecule has 0 aromatic heterocycles. The van der Waals surface area contributed by atoms with E-state index in [1.807, 2.05) is 19.1 Å². The van der Waals surface area contributed by atoms with Crippen molar-refractivity contribution in [1.29, 1.82) is 0 Å². The van der Waals surface area contributed by atoms with Gasteiger partial charge in [0.1, 0.15) is 5.76 Å². The SMILES string of the molecule is C=C(OCC)C1=C(C)NC2=C(C(=O)CC(C)(C)C2)C1c1ccccc1C. The van der Waals surface area contributed by atoms with Crippen molar-refractivity contribution in [3.63, 3.8) is 0 Å². The molecule has 0 amide bonds. The molecule has 0 spiro atoms. The van der Waals surface area contributed by atoms with Gasteiger partial charge >= 0.3 is 0 Å². The summed E-state index contributed by atoms with van der Waals surface area (Å²) in [5, 5.41) is 3.51. The van der Waals surface area contributed by atoms with E-state index in [9.17, 15) is 4.79 Å². The number of aryl methyl sites for hydroxylation is 1. The van der Waals surface area contributed by atoms with Crippen LogP contribution in [0.4, 0.5) is 0 Å². The van der Waals surface area contributed by atoms with E-state index in [1.165, 1.54) is 5.56 Å². The van der Waals surface area contributed by atoms with Crippen LogP contribution in [0.5, 0.6) is 0 Å². The molecular formula is C23H29NO2. The van der Waals surface area contributed by atoms with Crippen LogP contribution in [0.2, 0.25) is 0 Å². The van der Waals surface area contributed by atoms with Crippen molar-refractivity contribution in [2.24, 2.45) is 5.41 Å². The molecule has 1 aromatic rings. The Morgan fingerprint density at radius 3 is 2.62 bits per heavy atom. The molecular weight excluding hydrogens is 322 g/mol. The van der Waals surface area contributed by atoms with Crippen LogP contribution in [0, 0.1) is 12.3 Å². The molecule has 1 aromatic carbocycles. The molecule has 1 N–H and O–H groups in total. The maximum Gasteiger partial charge on any atom is 0.162 e. The molecule has 0 saturated heterocycles. The third kappa shape index (κ3) is 3.23. The Kier molecular flexibility index (Phi) is 4.83. The summed E-state index contributed by atoms with van der Waals surface area (Å²) >= 11 is 0. The molecule has 1 atom stereocenters. The Morgan fingerprint density at radius 1 is 1.27 bits per heavy atom. The van der Waals surface area contributed by atoms with Gasteiger partial charge in [0.15, 0.2) is 5.78 Å². The van der Waals surface area contributed by atoms with Crippen LogP contribution in [-0.2, 0) is 9.53 Å². The molecule has 0 saturated carbocycles. The molecule has 2 aliphatic rings. The summed E-state index contributed by atoms with van der Waals surface area (Å²) in [6.45, 7) is 15.2. The second-order valence-corrected chi connectivity index (χ2v) is 8.14. The molecule has 0 radical (unpaired) electrons. The molecule has 3 nitrogen and oxygen atoms in total. The Bertz CT molecular complexity index is 826. The predicted molar refractivity (Wildman–Crippen MR) is 106 cm³/mol. The third-order valence-corrected chi connectivity index (χ3v) is 5.36. The number of ether oxygens (including phenoxy) is 1. The van der Waals surface area contributed by atoms with Gasteiger partial charge in [0.2, 0.25) is 0 Å². The zero-order valence-electron chi connectivity index (χ0n) is 16.5. The van der Waals surface area contributed by atoms with Gasteiger partial charge in [-0.15, -0.1) is 0 Å². The van der Waals surface area contributed by atoms with Gasteiger partial charge in [-0.3, -0.25) is 4.79 Å². The van der Waals surface area contributed by atoms with Gasteiger partial charge in [0.25, 0.3) is 0 Å². The molecule has 0 fully saturated rings. The Hall–Kier alpha value is -2.29. The quantitative estimate of drug-likeness (QED) is 0.763. The number of rotatable bonds is 4. The number of benzene rings is 1. The van der Waals surface area contributed by atoms with Gasteiger partial charge in [-0.05, 0) is 43.7 Å². The number of allylic oxidation sites excluding steroid dienone is 4. The number of carbonyl (C=O) groups excluding carboxylic acids is 1. The second-order valence-electron chi connectivity index (χ2n) is 8.14. The van der Waals surface area contributed by atoms with Crippen molar-refractivity contribution >= 4 is 5.78 Å². The molecule has 0 bridgehead atoms. The maximum atomic E-state index is 13.2. The van der Waals surface area contributed by atoms with Gasteiger partial charge < -0.3 is 10.1 Å². The lowest BCUT2D eigenvalue weighted by molar-refractivity contribution is -0.118. The highest BCUT2D eigenvalue weighted by Gasteiger charge is 2.42. The normalized spacial score (nSPS) is 22.0. The maximum absolute atomic E-state index is 13.2. The number of hydrogen-bond acceptors (Lipinski definition) is 3. The van der Waals surface area contributed by atoms with Crippen LogP contribution in [0.1, 0.15) is 57.6 Å². The van der Waals surface area contributed by atoms with Crippen molar-refractivity contribution in [3.8, 4) is 0 Å². The minimum Gasteiger partial charge on any atom is -0.494 e. The third-order valence-electron chi connectivity index (χ3n) is 5.36. The lowest BCUT2D eigenvalue weighted by atomic mass is 9.68. The summed E-state index contributed by atoms with van der Waals surface area (Å²) in [6.07, 6.45) is 1.45. The van der Waals surface area contributed by atoms with Gasteiger partial charge in [0.05, 0.1) is 6.61 Å². The summed E-state index contributed by atoms with van der Waals surface area (Å²) < 4.78 is 5.77. The first kappa shape index (κ1) is 18.5. The molecule has 138 valence electrons. The van der Waals surface area contributed by atoms with Gasteiger partial charge in [-0.25, -0.2) is 0 Å². The van der Waals surface area contributed by atoms with Crippen LogP contribution in [0.3, 0.4) is 0 Å². The molecule has 1 unspecified atom stereocenters. The first-order valence-electron chi connectivity index (χ1n) is 9.37. The smallest absolute Gasteiger partial charge is 0.162 e. The molecule has 1 aliphatic carbocycles. The van der Waals surface area contributed by atoms with Crippen LogP contribution < -0.4 is 5.32 Å². The number of dihydropyridines is 1. The minimum absolute atomic E-state index is 0.0199. The van der Waals surface area contributed by atoms with Crippen molar-refractivity contribution in [1.82, 2.24) is 5.32 Å². The first-order valence-corrected chi connectivity index (χ1v) is 9.37. The van der Waals surface area contributed by atoms with Crippen LogP contribution in [0.25, 0.3) is 0 Å². The van der Waals surface area contributed by atoms with E-state index in [4.69, 9.17) is 4.74 Å². The van der Waals surface area contributed by atoms with E-state index in [0.29, 0.717) is 18.8 Å². The van der Waals surface area contributed by atoms with Crippen LogP contribution >= 0.6 is 0 Å². The molecule has 1 aliphatic heterocycles. The predicted octanol–water partition coefficient (Wildman–Crippen LogP) is 5.15. The highest BCUT2D eigenvalue weighted by atomic mass is 16.5. The van der Waals surface area contributed by atoms with E-state index in [2.05, 4.69) is 51.7 Å². The highest BCUT2D eigenvalue weighted by molar-refractivity contribution is 6.00. The summed E-state index contributed by atoms with van der Waals surface area (Å²) in [5.41, 5.74) is 6.29. The standard InChI is InChI=1S/C23H29NO2/c1-7-26-16(4)20-15(3)24-18-12-23(5,6)13-19(25)22(18)21(20)17-11-9-8-10-14(17)2/h8-11,21,24H,4,7,12-13H2,1-3,5-6H3. The van der Waals surface area contributed by atoms with Crippen molar-refractivity contribution in [2.45, 2.75) is 53.4 Å². The first-order chi connectivity index (χ1) is 12.2. The fourth-order valence-corrected chi connectivity index (χ4v) is 4.28. The lowest BCUT2D eigenvalue weighted by Crippen LogP contribution is -2.37. The molecule has 26 heavy (non-hydrogen) atoms. The monoisotopic (exact) mass is 351 g/mol. The summed E-state index contributed by atoms with van der Waals surface area (Å²) in [5.74, 6) is 0.760. The molecule has 1 heterocycles. The second kappa shape index (κ2) is 6.79. The summed E-state index contributed by atoms with van der Waals surface area (Å²) in [7, 11) is 0. The van der Waals surface area contributed by atoms with E-state index in [-0.39, 0.29) is 17.1 Å². The van der Waals surface area contributed by atoms with E-state index in [0.717, 1.165) is 34.5 Å². The zero-order valence-corrected chi connectivity index (χ0v) is 16.5. The Morgan fingerprint density at radius 2 is 1.96 bits per heavy atom. The number of hydrogen-bond donors (Lipinski definition) is 1. The topological polar surface area (TPSA) is 38.3 Å². The Balaban J connectivity index is 2.21. The molecule has 3 rings (SSSR count). The lowest BCUT2D eigenvalue weighted by Gasteiger charge is -2.40.